The summed E-state index contributed by atoms with van der Waals surface area (Å²) in [6, 6.07) is 10.0. The van der Waals surface area contributed by atoms with Gasteiger partial charge in [-0.1, -0.05) is 18.2 Å². The number of nitrogens with zero attached hydrogens (tertiary/aromatic N) is 2. The molecule has 0 unspecified atom stereocenters. The molecule has 2 rings (SSSR count). The van der Waals surface area contributed by atoms with E-state index in [9.17, 15) is 4.39 Å². The molecule has 4 nitrogen and oxygen atoms in total. The lowest BCUT2D eigenvalue weighted by Crippen LogP contribution is -2.25. The molecular formula is C14H13FN4S. The lowest BCUT2D eigenvalue weighted by molar-refractivity contribution is 0.632. The van der Waals surface area contributed by atoms with Crippen LogP contribution in [0.5, 0.6) is 0 Å². The number of hydrogen-bond acceptors (Lipinski definition) is 3. The summed E-state index contributed by atoms with van der Waals surface area (Å²) in [5.74, 6) is -0.371. The second-order valence-electron chi connectivity index (χ2n) is 3.98. The minimum Gasteiger partial charge on any atom is -0.329 e. The van der Waals surface area contributed by atoms with Gasteiger partial charge < -0.3 is 5.32 Å². The van der Waals surface area contributed by atoms with Crippen molar-refractivity contribution in [3.8, 4) is 0 Å². The zero-order valence-corrected chi connectivity index (χ0v) is 11.6. The molecule has 102 valence electrons. The van der Waals surface area contributed by atoms with Crippen molar-refractivity contribution in [1.29, 1.82) is 0 Å². The molecule has 0 saturated heterocycles. The second kappa shape index (κ2) is 6.72. The van der Waals surface area contributed by atoms with E-state index in [0.29, 0.717) is 5.69 Å². The number of pyridine rings is 1. The highest BCUT2D eigenvalue weighted by Crippen LogP contribution is 2.11. The number of halogens is 1. The first-order chi connectivity index (χ1) is 9.66. The highest BCUT2D eigenvalue weighted by Gasteiger charge is 2.02. The Hall–Kier alpha value is -2.34. The molecule has 0 spiro atoms. The number of hydrazone groups is 1. The van der Waals surface area contributed by atoms with Crippen molar-refractivity contribution in [2.24, 2.45) is 5.10 Å². The summed E-state index contributed by atoms with van der Waals surface area (Å²) in [6.45, 7) is 1.83. The van der Waals surface area contributed by atoms with Crippen molar-refractivity contribution in [3.05, 3.63) is 60.2 Å². The van der Waals surface area contributed by atoms with Crippen LogP contribution in [0.1, 0.15) is 12.5 Å². The Kier molecular flexibility index (Phi) is 4.73. The zero-order chi connectivity index (χ0) is 14.4. The highest BCUT2D eigenvalue weighted by molar-refractivity contribution is 7.80. The van der Waals surface area contributed by atoms with Crippen molar-refractivity contribution in [3.63, 3.8) is 0 Å². The normalized spacial score (nSPS) is 11.0. The van der Waals surface area contributed by atoms with Gasteiger partial charge >= 0.3 is 0 Å². The molecule has 1 aromatic heterocycles. The van der Waals surface area contributed by atoms with Crippen LogP contribution in [-0.2, 0) is 0 Å². The van der Waals surface area contributed by atoms with Crippen LogP contribution >= 0.6 is 12.2 Å². The van der Waals surface area contributed by atoms with Crippen LogP contribution in [0.25, 0.3) is 0 Å². The van der Waals surface area contributed by atoms with E-state index in [-0.39, 0.29) is 10.9 Å². The smallest absolute Gasteiger partial charge is 0.191 e. The number of benzene rings is 1. The first kappa shape index (κ1) is 14.1. The van der Waals surface area contributed by atoms with Crippen LogP contribution in [-0.4, -0.2) is 15.8 Å². The average Bonchev–Trinajstić information content (AvgIpc) is 2.48. The summed E-state index contributed by atoms with van der Waals surface area (Å²) in [4.78, 5) is 4.01. The first-order valence-corrected chi connectivity index (χ1v) is 6.34. The van der Waals surface area contributed by atoms with Crippen molar-refractivity contribution in [1.82, 2.24) is 10.4 Å². The topological polar surface area (TPSA) is 49.3 Å². The van der Waals surface area contributed by atoms with E-state index in [1.54, 1.807) is 30.6 Å². The largest absolute Gasteiger partial charge is 0.329 e. The number of anilines is 1. The van der Waals surface area contributed by atoms with Crippen molar-refractivity contribution in [2.45, 2.75) is 6.92 Å². The maximum Gasteiger partial charge on any atom is 0.191 e. The van der Waals surface area contributed by atoms with Crippen molar-refractivity contribution < 1.29 is 4.39 Å². The molecule has 0 aliphatic rings. The van der Waals surface area contributed by atoms with E-state index < -0.39 is 0 Å². The molecule has 6 heteroatoms. The van der Waals surface area contributed by atoms with E-state index in [0.717, 1.165) is 11.3 Å². The van der Waals surface area contributed by atoms with Gasteiger partial charge in [0.15, 0.2) is 5.11 Å². The highest BCUT2D eigenvalue weighted by atomic mass is 32.1. The summed E-state index contributed by atoms with van der Waals surface area (Å²) in [5.41, 5.74) is 4.59. The fourth-order valence-corrected chi connectivity index (χ4v) is 1.64. The number of thiocarbonyl (C=S) groups is 1. The Morgan fingerprint density at radius 2 is 2.05 bits per heavy atom. The van der Waals surface area contributed by atoms with Crippen LogP contribution in [0.4, 0.5) is 10.1 Å². The molecular weight excluding hydrogens is 275 g/mol. The molecule has 1 aromatic carbocycles. The summed E-state index contributed by atoms with van der Waals surface area (Å²) < 4.78 is 13.4. The van der Waals surface area contributed by atoms with Gasteiger partial charge in [-0.15, -0.1) is 0 Å². The molecule has 1 heterocycles. The average molecular weight is 288 g/mol. The van der Waals surface area contributed by atoms with E-state index in [4.69, 9.17) is 12.2 Å². The third-order valence-electron chi connectivity index (χ3n) is 2.53. The van der Waals surface area contributed by atoms with Gasteiger partial charge in [0.1, 0.15) is 5.82 Å². The van der Waals surface area contributed by atoms with Gasteiger partial charge in [0.05, 0.1) is 11.4 Å². The number of rotatable bonds is 3. The Morgan fingerprint density at radius 1 is 1.25 bits per heavy atom. The van der Waals surface area contributed by atoms with Gasteiger partial charge in [-0.05, 0) is 37.3 Å². The standard InChI is InChI=1S/C14H13FN4S/c1-10(11-5-4-8-16-9-11)18-19-14(20)17-13-7-3-2-6-12(13)15/h2-9H,1H3,(H2,17,19,20)/b18-10-. The van der Waals surface area contributed by atoms with Crippen LogP contribution in [0.15, 0.2) is 53.9 Å². The first-order valence-electron chi connectivity index (χ1n) is 5.93. The van der Waals surface area contributed by atoms with E-state index in [1.807, 2.05) is 19.1 Å². The molecule has 0 bridgehead atoms. The number of para-hydroxylation sites is 1. The quantitative estimate of drug-likeness (QED) is 0.518. The molecule has 0 fully saturated rings. The maximum absolute atomic E-state index is 13.4. The van der Waals surface area contributed by atoms with Gasteiger partial charge in [-0.25, -0.2) is 4.39 Å². The molecule has 0 atom stereocenters. The Labute approximate surface area is 121 Å². The third kappa shape index (κ3) is 3.83. The fourth-order valence-electron chi connectivity index (χ4n) is 1.49. The molecule has 0 radical (unpaired) electrons. The zero-order valence-electron chi connectivity index (χ0n) is 10.8. The van der Waals surface area contributed by atoms with Gasteiger partial charge in [0, 0.05) is 18.0 Å². The van der Waals surface area contributed by atoms with Crippen molar-refractivity contribution >= 4 is 28.7 Å². The fraction of sp³-hybridized carbons (Fsp3) is 0.0714. The summed E-state index contributed by atoms with van der Waals surface area (Å²) >= 11 is 5.05. The molecule has 0 aliphatic carbocycles. The van der Waals surface area contributed by atoms with Crippen LogP contribution in [0.2, 0.25) is 0 Å². The van der Waals surface area contributed by atoms with Gasteiger partial charge in [-0.2, -0.15) is 5.10 Å². The van der Waals surface area contributed by atoms with Crippen molar-refractivity contribution in [2.75, 3.05) is 5.32 Å². The predicted molar refractivity (Wildman–Crippen MR) is 82.2 cm³/mol. The molecule has 20 heavy (non-hydrogen) atoms. The lowest BCUT2D eigenvalue weighted by Gasteiger charge is -2.08. The minimum absolute atomic E-state index is 0.221. The minimum atomic E-state index is -0.371. The van der Waals surface area contributed by atoms with Crippen LogP contribution in [0.3, 0.4) is 0 Å². The third-order valence-corrected chi connectivity index (χ3v) is 2.72. The number of hydrogen-bond donors (Lipinski definition) is 2. The van der Waals surface area contributed by atoms with Crippen LogP contribution < -0.4 is 10.7 Å². The maximum atomic E-state index is 13.4. The predicted octanol–water partition coefficient (Wildman–Crippen LogP) is 2.93. The molecule has 2 N–H and O–H groups in total. The number of aromatic nitrogens is 1. The van der Waals surface area contributed by atoms with E-state index in [2.05, 4.69) is 20.8 Å². The summed E-state index contributed by atoms with van der Waals surface area (Å²) in [6.07, 6.45) is 3.39. The summed E-state index contributed by atoms with van der Waals surface area (Å²) in [7, 11) is 0. The Balaban J connectivity index is 1.97. The molecule has 2 aromatic rings. The van der Waals surface area contributed by atoms with E-state index in [1.165, 1.54) is 6.07 Å². The summed E-state index contributed by atoms with van der Waals surface area (Å²) in [5, 5.41) is 7.08. The van der Waals surface area contributed by atoms with Crippen LogP contribution in [0, 0.1) is 5.82 Å². The monoisotopic (exact) mass is 288 g/mol. The van der Waals surface area contributed by atoms with Gasteiger partial charge in [0.2, 0.25) is 0 Å². The molecule has 0 saturated carbocycles. The lowest BCUT2D eigenvalue weighted by atomic mass is 10.2. The van der Waals surface area contributed by atoms with Gasteiger partial charge in [-0.3, -0.25) is 10.4 Å². The SMILES string of the molecule is C/C(=N/NC(=S)Nc1ccccc1F)c1cccnc1. The molecule has 0 amide bonds. The van der Waals surface area contributed by atoms with E-state index >= 15 is 0 Å². The van der Waals surface area contributed by atoms with Gasteiger partial charge in [0.25, 0.3) is 0 Å². The molecule has 0 aliphatic heterocycles. The second-order valence-corrected chi connectivity index (χ2v) is 4.39. The Morgan fingerprint density at radius 3 is 2.75 bits per heavy atom. The number of nitrogens with one attached hydrogen (secondary N) is 2. The Bertz CT molecular complexity index is 628.